The van der Waals surface area contributed by atoms with Crippen LogP contribution in [0.4, 0.5) is 0 Å². The summed E-state index contributed by atoms with van der Waals surface area (Å²) in [4.78, 5) is 11.0. The van der Waals surface area contributed by atoms with E-state index in [2.05, 4.69) is 162 Å². The van der Waals surface area contributed by atoms with Crippen molar-refractivity contribution < 1.29 is 0 Å². The van der Waals surface area contributed by atoms with Gasteiger partial charge in [0.1, 0.15) is 16.9 Å². The lowest BCUT2D eigenvalue weighted by atomic mass is 9.77. The standard InChI is InChI=1S/C47H39N7S/c1-2-3-25-45-49-42-32-48-41(44-24-15-30-55-44)31-43(42)53(45)33-34-26-28-35(29-27-34)39-22-13-14-23-40(39)46-50-51-52-54(46)47(36-16-7-4-8-17-36,37-18-9-5-10-19-37)38-20-11-6-12-21-38/h4-24,26-32H,2-3,25,33H2,1H3. The molecule has 0 aliphatic carbocycles. The van der Waals surface area contributed by atoms with Gasteiger partial charge in [0, 0.05) is 18.5 Å². The molecule has 0 amide bonds. The molecule has 0 spiro atoms. The molecule has 0 saturated heterocycles. The van der Waals surface area contributed by atoms with Crippen molar-refractivity contribution in [3.05, 3.63) is 197 Å². The first-order valence-electron chi connectivity index (χ1n) is 18.8. The molecule has 0 fully saturated rings. The van der Waals surface area contributed by atoms with Crippen molar-refractivity contribution in [1.82, 2.24) is 34.7 Å². The number of rotatable bonds is 12. The van der Waals surface area contributed by atoms with Gasteiger partial charge in [-0.2, -0.15) is 0 Å². The van der Waals surface area contributed by atoms with Gasteiger partial charge in [0.15, 0.2) is 5.82 Å². The number of nitrogens with zero attached hydrogens (tertiary/aromatic N) is 7. The third-order valence-electron chi connectivity index (χ3n) is 10.4. The van der Waals surface area contributed by atoms with E-state index in [-0.39, 0.29) is 0 Å². The van der Waals surface area contributed by atoms with Gasteiger partial charge in [-0.15, -0.1) is 16.4 Å². The van der Waals surface area contributed by atoms with Crippen LogP contribution in [0.2, 0.25) is 0 Å². The molecule has 268 valence electrons. The average Bonchev–Trinajstić information content (AvgIpc) is 4.04. The molecule has 0 N–H and O–H groups in total. The van der Waals surface area contributed by atoms with Gasteiger partial charge in [-0.05, 0) is 67.7 Å². The number of thiophene rings is 1. The van der Waals surface area contributed by atoms with Gasteiger partial charge in [-0.1, -0.05) is 159 Å². The number of fused-ring (bicyclic) bond motifs is 1. The molecule has 4 aromatic heterocycles. The highest BCUT2D eigenvalue weighted by molar-refractivity contribution is 7.13. The zero-order valence-corrected chi connectivity index (χ0v) is 31.3. The van der Waals surface area contributed by atoms with E-state index in [1.54, 1.807) is 11.3 Å². The number of hydrogen-bond donors (Lipinski definition) is 0. The molecule has 0 aliphatic heterocycles. The van der Waals surface area contributed by atoms with Crippen LogP contribution in [0.1, 0.15) is 47.8 Å². The van der Waals surface area contributed by atoms with Crippen LogP contribution in [-0.2, 0) is 18.5 Å². The van der Waals surface area contributed by atoms with Crippen molar-refractivity contribution in [1.29, 1.82) is 0 Å². The molecule has 4 heterocycles. The first-order chi connectivity index (χ1) is 27.2. The first-order valence-corrected chi connectivity index (χ1v) is 19.6. The maximum Gasteiger partial charge on any atom is 0.184 e. The van der Waals surface area contributed by atoms with E-state index in [1.807, 2.05) is 29.1 Å². The van der Waals surface area contributed by atoms with Crippen molar-refractivity contribution in [2.45, 2.75) is 38.3 Å². The van der Waals surface area contributed by atoms with E-state index in [0.717, 1.165) is 86.6 Å². The Labute approximate surface area is 324 Å². The zero-order chi connectivity index (χ0) is 37.0. The molecular formula is C47H39N7S. The van der Waals surface area contributed by atoms with Crippen molar-refractivity contribution in [2.24, 2.45) is 0 Å². The number of unbranched alkanes of at least 4 members (excludes halogenated alkanes) is 1. The molecule has 7 nitrogen and oxygen atoms in total. The Morgan fingerprint density at radius 2 is 1.31 bits per heavy atom. The van der Waals surface area contributed by atoms with Gasteiger partial charge < -0.3 is 4.57 Å². The topological polar surface area (TPSA) is 74.3 Å². The molecule has 0 radical (unpaired) electrons. The first kappa shape index (κ1) is 34.3. The van der Waals surface area contributed by atoms with Gasteiger partial charge in [-0.25, -0.2) is 9.67 Å². The highest BCUT2D eigenvalue weighted by atomic mass is 32.1. The lowest BCUT2D eigenvalue weighted by molar-refractivity contribution is 0.451. The maximum absolute atomic E-state index is 5.05. The Kier molecular flexibility index (Phi) is 9.40. The number of benzene rings is 5. The van der Waals surface area contributed by atoms with E-state index in [4.69, 9.17) is 20.3 Å². The summed E-state index contributed by atoms with van der Waals surface area (Å²) >= 11 is 1.71. The average molecular weight is 734 g/mol. The molecule has 0 aliphatic rings. The Morgan fingerprint density at radius 1 is 0.673 bits per heavy atom. The summed E-state index contributed by atoms with van der Waals surface area (Å²) in [6.45, 7) is 2.95. The van der Waals surface area contributed by atoms with Crippen LogP contribution < -0.4 is 0 Å². The molecule has 55 heavy (non-hydrogen) atoms. The van der Waals surface area contributed by atoms with Crippen LogP contribution in [-0.4, -0.2) is 34.7 Å². The summed E-state index contributed by atoms with van der Waals surface area (Å²) in [5.74, 6) is 1.78. The zero-order valence-electron chi connectivity index (χ0n) is 30.5. The second-order valence-corrected chi connectivity index (χ2v) is 14.7. The van der Waals surface area contributed by atoms with Crippen molar-refractivity contribution in [2.75, 3.05) is 0 Å². The van der Waals surface area contributed by atoms with Crippen LogP contribution in [0.3, 0.4) is 0 Å². The number of aromatic nitrogens is 7. The van der Waals surface area contributed by atoms with E-state index < -0.39 is 5.54 Å². The molecular weight excluding hydrogens is 695 g/mol. The normalized spacial score (nSPS) is 11.7. The third kappa shape index (κ3) is 6.34. The van der Waals surface area contributed by atoms with E-state index in [1.165, 1.54) is 5.56 Å². The van der Waals surface area contributed by atoms with E-state index in [9.17, 15) is 0 Å². The monoisotopic (exact) mass is 733 g/mol. The minimum Gasteiger partial charge on any atom is -0.323 e. The fourth-order valence-corrected chi connectivity index (χ4v) is 8.42. The summed E-state index contributed by atoms with van der Waals surface area (Å²) < 4.78 is 4.37. The summed E-state index contributed by atoms with van der Waals surface area (Å²) in [6.07, 6.45) is 5.05. The Morgan fingerprint density at radius 3 is 1.93 bits per heavy atom. The van der Waals surface area contributed by atoms with E-state index >= 15 is 0 Å². The predicted octanol–water partition coefficient (Wildman–Crippen LogP) is 10.7. The minimum absolute atomic E-state index is 0.678. The molecule has 0 unspecified atom stereocenters. The highest BCUT2D eigenvalue weighted by Gasteiger charge is 2.42. The fraction of sp³-hybridized carbons (Fsp3) is 0.128. The van der Waals surface area contributed by atoms with Gasteiger partial charge in [0.25, 0.3) is 0 Å². The number of hydrogen-bond acceptors (Lipinski definition) is 6. The Hall–Kier alpha value is -6.51. The van der Waals surface area contributed by atoms with Crippen LogP contribution >= 0.6 is 11.3 Å². The molecule has 0 bridgehead atoms. The van der Waals surface area contributed by atoms with Crippen molar-refractivity contribution in [3.63, 3.8) is 0 Å². The summed E-state index contributed by atoms with van der Waals surface area (Å²) in [5.41, 5.74) is 9.66. The molecule has 0 atom stereocenters. The predicted molar refractivity (Wildman–Crippen MR) is 222 cm³/mol. The second kappa shape index (κ2) is 15.1. The minimum atomic E-state index is -0.846. The Bertz CT molecular complexity index is 2550. The lowest BCUT2D eigenvalue weighted by Crippen LogP contribution is -2.39. The van der Waals surface area contributed by atoms with Crippen LogP contribution in [0.5, 0.6) is 0 Å². The van der Waals surface area contributed by atoms with Gasteiger partial charge in [0.2, 0.25) is 0 Å². The fourth-order valence-electron chi connectivity index (χ4n) is 7.73. The summed E-state index contributed by atoms with van der Waals surface area (Å²) in [7, 11) is 0. The van der Waals surface area contributed by atoms with Crippen LogP contribution in [0, 0.1) is 0 Å². The van der Waals surface area contributed by atoms with Gasteiger partial charge >= 0.3 is 0 Å². The molecule has 5 aromatic carbocycles. The van der Waals surface area contributed by atoms with E-state index in [0.29, 0.717) is 5.82 Å². The Balaban J connectivity index is 1.13. The smallest absolute Gasteiger partial charge is 0.184 e. The number of aryl methyl sites for hydroxylation is 1. The molecule has 9 rings (SSSR count). The molecule has 0 saturated carbocycles. The summed E-state index contributed by atoms with van der Waals surface area (Å²) in [6, 6.07) is 55.2. The summed E-state index contributed by atoms with van der Waals surface area (Å²) in [5, 5.41) is 16.0. The van der Waals surface area contributed by atoms with Gasteiger partial charge in [-0.3, -0.25) is 4.98 Å². The molecule has 9 aromatic rings. The largest absolute Gasteiger partial charge is 0.323 e. The number of imidazole rings is 1. The second-order valence-electron chi connectivity index (χ2n) is 13.7. The maximum atomic E-state index is 5.05. The lowest BCUT2D eigenvalue weighted by Gasteiger charge is -2.36. The van der Waals surface area contributed by atoms with Crippen molar-refractivity contribution >= 4 is 22.4 Å². The highest BCUT2D eigenvalue weighted by Crippen LogP contribution is 2.43. The number of tetrazole rings is 1. The molecule has 8 heteroatoms. The van der Waals surface area contributed by atoms with Crippen LogP contribution in [0.25, 0.3) is 44.1 Å². The number of pyridine rings is 1. The van der Waals surface area contributed by atoms with Gasteiger partial charge in [0.05, 0.1) is 22.3 Å². The SMILES string of the molecule is CCCCc1nc2cnc(-c3cccs3)cc2n1Cc1ccc(-c2ccccc2-c2nnnn2C(c2ccccc2)(c2ccccc2)c2ccccc2)cc1. The third-order valence-corrected chi connectivity index (χ3v) is 11.3. The van der Waals surface area contributed by atoms with Crippen molar-refractivity contribution in [3.8, 4) is 33.1 Å². The van der Waals surface area contributed by atoms with Crippen LogP contribution in [0.15, 0.2) is 169 Å². The quantitative estimate of drug-likeness (QED) is 0.117.